The number of aromatic nitrogens is 1. The summed E-state index contributed by atoms with van der Waals surface area (Å²) in [7, 11) is 1.85. The lowest BCUT2D eigenvalue weighted by Gasteiger charge is -2.11. The fourth-order valence-electron chi connectivity index (χ4n) is 2.40. The molecule has 3 rings (SSSR count). The number of carbonyl (C=O) groups excluding carboxylic acids is 1. The van der Waals surface area contributed by atoms with Crippen molar-refractivity contribution in [3.63, 3.8) is 0 Å². The molecule has 3 heterocycles. The molecule has 0 radical (unpaired) electrons. The first kappa shape index (κ1) is 12.7. The Morgan fingerprint density at radius 3 is 3.11 bits per heavy atom. The fraction of sp³-hybridized carbons (Fsp3) is 0.462. The summed E-state index contributed by atoms with van der Waals surface area (Å²) in [5, 5.41) is 2.91. The zero-order chi connectivity index (χ0) is 13.4. The Hall–Kier alpha value is -1.27. The van der Waals surface area contributed by atoms with Crippen LogP contribution in [0.25, 0.3) is 11.1 Å². The van der Waals surface area contributed by atoms with Gasteiger partial charge in [-0.3, -0.25) is 4.79 Å². The maximum atomic E-state index is 12.1. The number of nitrogens with one attached hydrogen (secondary N) is 1. The first-order valence-corrected chi connectivity index (χ1v) is 7.09. The van der Waals surface area contributed by atoms with Crippen LogP contribution in [-0.4, -0.2) is 29.7 Å². The molecule has 0 saturated carbocycles. The van der Waals surface area contributed by atoms with E-state index in [0.717, 1.165) is 25.0 Å². The van der Waals surface area contributed by atoms with E-state index in [1.165, 1.54) is 0 Å². The SMILES string of the molecule is Cn1c(C(=O)NCC2CCCO2)cc2oc(Br)cc21. The van der Waals surface area contributed by atoms with Crippen LogP contribution in [0.2, 0.25) is 0 Å². The summed E-state index contributed by atoms with van der Waals surface area (Å²) in [6.45, 7) is 1.36. The second kappa shape index (κ2) is 5.02. The van der Waals surface area contributed by atoms with Crippen molar-refractivity contribution in [2.24, 2.45) is 7.05 Å². The molecular formula is C13H15BrN2O3. The van der Waals surface area contributed by atoms with Gasteiger partial charge in [0.15, 0.2) is 10.3 Å². The lowest BCUT2D eigenvalue weighted by Crippen LogP contribution is -2.32. The van der Waals surface area contributed by atoms with Gasteiger partial charge in [-0.25, -0.2) is 0 Å². The van der Waals surface area contributed by atoms with E-state index in [-0.39, 0.29) is 12.0 Å². The van der Waals surface area contributed by atoms with Gasteiger partial charge >= 0.3 is 0 Å². The number of aryl methyl sites for hydroxylation is 1. The molecule has 5 nitrogen and oxygen atoms in total. The van der Waals surface area contributed by atoms with Crippen LogP contribution in [0.1, 0.15) is 23.3 Å². The Bertz CT molecular complexity index is 611. The predicted octanol–water partition coefficient (Wildman–Crippen LogP) is 2.44. The molecule has 1 saturated heterocycles. The Morgan fingerprint density at radius 1 is 1.58 bits per heavy atom. The summed E-state index contributed by atoms with van der Waals surface area (Å²) in [5.41, 5.74) is 2.20. The van der Waals surface area contributed by atoms with E-state index in [9.17, 15) is 4.79 Å². The number of halogens is 1. The van der Waals surface area contributed by atoms with Crippen molar-refractivity contribution in [2.45, 2.75) is 18.9 Å². The minimum atomic E-state index is -0.0967. The average Bonchev–Trinajstić information content (AvgIpc) is 3.06. The van der Waals surface area contributed by atoms with Gasteiger partial charge in [-0.05, 0) is 28.8 Å². The Balaban J connectivity index is 1.73. The van der Waals surface area contributed by atoms with Crippen molar-refractivity contribution < 1.29 is 13.9 Å². The van der Waals surface area contributed by atoms with Crippen LogP contribution in [-0.2, 0) is 11.8 Å². The van der Waals surface area contributed by atoms with Crippen molar-refractivity contribution >= 4 is 32.9 Å². The monoisotopic (exact) mass is 326 g/mol. The molecule has 2 aromatic rings. The molecule has 0 spiro atoms. The zero-order valence-corrected chi connectivity index (χ0v) is 12.2. The summed E-state index contributed by atoms with van der Waals surface area (Å²) < 4.78 is 13.4. The summed E-state index contributed by atoms with van der Waals surface area (Å²) >= 11 is 3.28. The van der Waals surface area contributed by atoms with Crippen molar-refractivity contribution in [3.8, 4) is 0 Å². The number of nitrogens with zero attached hydrogens (tertiary/aromatic N) is 1. The minimum Gasteiger partial charge on any atom is -0.448 e. The number of amides is 1. The molecule has 6 heteroatoms. The van der Waals surface area contributed by atoms with Crippen LogP contribution in [0.5, 0.6) is 0 Å². The van der Waals surface area contributed by atoms with Crippen LogP contribution in [0, 0.1) is 0 Å². The topological polar surface area (TPSA) is 56.4 Å². The molecule has 1 atom stereocenters. The van der Waals surface area contributed by atoms with Gasteiger partial charge in [0, 0.05) is 32.3 Å². The second-order valence-electron chi connectivity index (χ2n) is 4.73. The standard InChI is InChI=1S/C13H15BrN2O3/c1-16-9-6-12(14)19-11(9)5-10(16)13(17)15-7-8-3-2-4-18-8/h5-6,8H,2-4,7H2,1H3,(H,15,17). The lowest BCUT2D eigenvalue weighted by atomic mass is 10.2. The number of fused-ring (bicyclic) bond motifs is 1. The fourth-order valence-corrected chi connectivity index (χ4v) is 2.79. The third kappa shape index (κ3) is 2.42. The van der Waals surface area contributed by atoms with Gasteiger partial charge in [-0.1, -0.05) is 0 Å². The molecule has 1 aliphatic heterocycles. The highest BCUT2D eigenvalue weighted by atomic mass is 79.9. The van der Waals surface area contributed by atoms with E-state index in [1.807, 2.05) is 17.7 Å². The molecule has 2 aromatic heterocycles. The summed E-state index contributed by atoms with van der Waals surface area (Å²) in [4.78, 5) is 12.1. The number of furan rings is 1. The molecule has 1 fully saturated rings. The molecule has 1 N–H and O–H groups in total. The molecule has 1 unspecified atom stereocenters. The normalized spacial score (nSPS) is 19.2. The molecule has 1 amide bonds. The van der Waals surface area contributed by atoms with E-state index >= 15 is 0 Å². The van der Waals surface area contributed by atoms with Gasteiger partial charge in [0.1, 0.15) is 5.69 Å². The maximum Gasteiger partial charge on any atom is 0.268 e. The van der Waals surface area contributed by atoms with Crippen LogP contribution in [0.4, 0.5) is 0 Å². The predicted molar refractivity (Wildman–Crippen MR) is 74.2 cm³/mol. The summed E-state index contributed by atoms with van der Waals surface area (Å²) in [6.07, 6.45) is 2.25. The van der Waals surface area contributed by atoms with Gasteiger partial charge in [0.2, 0.25) is 0 Å². The highest BCUT2D eigenvalue weighted by Gasteiger charge is 2.19. The summed E-state index contributed by atoms with van der Waals surface area (Å²) in [6, 6.07) is 3.61. The van der Waals surface area contributed by atoms with Gasteiger partial charge in [0.25, 0.3) is 5.91 Å². The van der Waals surface area contributed by atoms with E-state index in [0.29, 0.717) is 22.5 Å². The Morgan fingerprint density at radius 2 is 2.42 bits per heavy atom. The highest BCUT2D eigenvalue weighted by molar-refractivity contribution is 9.10. The van der Waals surface area contributed by atoms with Gasteiger partial charge in [-0.15, -0.1) is 0 Å². The minimum absolute atomic E-state index is 0.0967. The van der Waals surface area contributed by atoms with Crippen LogP contribution < -0.4 is 5.32 Å². The van der Waals surface area contributed by atoms with E-state index in [2.05, 4.69) is 21.2 Å². The number of carbonyl (C=O) groups is 1. The van der Waals surface area contributed by atoms with Crippen molar-refractivity contribution in [1.82, 2.24) is 9.88 Å². The molecule has 0 aromatic carbocycles. The first-order chi connectivity index (χ1) is 9.15. The van der Waals surface area contributed by atoms with Crippen molar-refractivity contribution in [3.05, 3.63) is 22.5 Å². The van der Waals surface area contributed by atoms with Crippen LogP contribution in [0.3, 0.4) is 0 Å². The Labute approximate surface area is 119 Å². The van der Waals surface area contributed by atoms with E-state index in [1.54, 1.807) is 6.07 Å². The average molecular weight is 327 g/mol. The molecule has 0 aliphatic carbocycles. The molecule has 0 bridgehead atoms. The maximum absolute atomic E-state index is 12.1. The number of hydrogen-bond donors (Lipinski definition) is 1. The van der Waals surface area contributed by atoms with Gasteiger partial charge < -0.3 is 19.0 Å². The number of ether oxygens (including phenoxy) is 1. The molecular weight excluding hydrogens is 312 g/mol. The van der Waals surface area contributed by atoms with Crippen molar-refractivity contribution in [2.75, 3.05) is 13.2 Å². The number of rotatable bonds is 3. The third-order valence-electron chi connectivity index (χ3n) is 3.45. The van der Waals surface area contributed by atoms with Gasteiger partial charge in [0.05, 0.1) is 11.6 Å². The van der Waals surface area contributed by atoms with Gasteiger partial charge in [-0.2, -0.15) is 0 Å². The van der Waals surface area contributed by atoms with Crippen molar-refractivity contribution in [1.29, 1.82) is 0 Å². The smallest absolute Gasteiger partial charge is 0.268 e. The highest BCUT2D eigenvalue weighted by Crippen LogP contribution is 2.26. The lowest BCUT2D eigenvalue weighted by molar-refractivity contribution is 0.0851. The van der Waals surface area contributed by atoms with Crippen LogP contribution >= 0.6 is 15.9 Å². The zero-order valence-electron chi connectivity index (χ0n) is 10.6. The number of hydrogen-bond acceptors (Lipinski definition) is 3. The molecule has 102 valence electrons. The first-order valence-electron chi connectivity index (χ1n) is 6.29. The largest absolute Gasteiger partial charge is 0.448 e. The second-order valence-corrected chi connectivity index (χ2v) is 5.52. The third-order valence-corrected chi connectivity index (χ3v) is 3.84. The quantitative estimate of drug-likeness (QED) is 0.942. The Kier molecular flexibility index (Phi) is 3.36. The molecule has 1 aliphatic rings. The van der Waals surface area contributed by atoms with E-state index < -0.39 is 0 Å². The van der Waals surface area contributed by atoms with E-state index in [4.69, 9.17) is 9.15 Å². The summed E-state index contributed by atoms with van der Waals surface area (Å²) in [5.74, 6) is -0.0967. The van der Waals surface area contributed by atoms with Crippen LogP contribution in [0.15, 0.2) is 21.2 Å². The molecule has 19 heavy (non-hydrogen) atoms.